The predicted octanol–water partition coefficient (Wildman–Crippen LogP) is 7.42. The average molecular weight is 574 g/mol. The summed E-state index contributed by atoms with van der Waals surface area (Å²) in [6.07, 6.45) is -8.78. The van der Waals surface area contributed by atoms with Crippen LogP contribution in [0.1, 0.15) is 44.6 Å². The second-order valence-corrected chi connectivity index (χ2v) is 9.40. The van der Waals surface area contributed by atoms with Crippen molar-refractivity contribution in [2.75, 3.05) is 6.61 Å². The molecule has 0 heterocycles. The summed E-state index contributed by atoms with van der Waals surface area (Å²) in [6, 6.07) is 4.50. The highest BCUT2D eigenvalue weighted by Gasteiger charge is 2.90. The van der Waals surface area contributed by atoms with Gasteiger partial charge in [0.25, 0.3) is 10.1 Å². The van der Waals surface area contributed by atoms with Gasteiger partial charge >= 0.3 is 35.8 Å². The lowest BCUT2D eigenvalue weighted by atomic mass is 9.93. The molecule has 0 saturated carbocycles. The largest absolute Gasteiger partial charge is 0.460 e. The zero-order valence-corrected chi connectivity index (χ0v) is 19.1. The van der Waals surface area contributed by atoms with Crippen molar-refractivity contribution in [3.05, 3.63) is 29.8 Å². The SMILES string of the molecule is CCCC(C)c1ccc(S(=O)(=O)OCCC(F)(F)C(F)(F)C(F)(F)C(F)(F)C(F)(F)C(F)(F)F)cc1. The minimum Gasteiger partial charge on any atom is -0.266 e. The molecule has 0 fully saturated rings. The summed E-state index contributed by atoms with van der Waals surface area (Å²) >= 11 is 0. The molecule has 3 nitrogen and oxygen atoms in total. The van der Waals surface area contributed by atoms with Crippen molar-refractivity contribution in [3.8, 4) is 0 Å². The van der Waals surface area contributed by atoms with Crippen molar-refractivity contribution in [2.45, 2.75) is 79.7 Å². The molecule has 0 N–H and O–H groups in total. The number of alkyl halides is 13. The number of hydrogen-bond acceptors (Lipinski definition) is 3. The third kappa shape index (κ3) is 5.70. The Morgan fingerprint density at radius 2 is 1.19 bits per heavy atom. The molecule has 36 heavy (non-hydrogen) atoms. The van der Waals surface area contributed by atoms with Gasteiger partial charge in [-0.05, 0) is 30.0 Å². The lowest BCUT2D eigenvalue weighted by Crippen LogP contribution is -2.70. The first-order valence-corrected chi connectivity index (χ1v) is 11.3. The highest BCUT2D eigenvalue weighted by molar-refractivity contribution is 7.86. The maximum atomic E-state index is 13.7. The van der Waals surface area contributed by atoms with Gasteiger partial charge in [0.2, 0.25) is 0 Å². The fraction of sp³-hybridized carbons (Fsp3) is 0.684. The third-order valence-electron chi connectivity index (χ3n) is 5.11. The maximum Gasteiger partial charge on any atom is 0.460 e. The number of hydrogen-bond donors (Lipinski definition) is 0. The van der Waals surface area contributed by atoms with Gasteiger partial charge in [0.05, 0.1) is 11.5 Å². The molecular weight excluding hydrogens is 555 g/mol. The molecule has 0 radical (unpaired) electrons. The van der Waals surface area contributed by atoms with E-state index in [4.69, 9.17) is 0 Å². The Hall–Kier alpha value is -1.78. The quantitative estimate of drug-likeness (QED) is 0.193. The number of rotatable bonds is 12. The monoisotopic (exact) mass is 574 g/mol. The van der Waals surface area contributed by atoms with Crippen molar-refractivity contribution in [1.82, 2.24) is 0 Å². The number of benzene rings is 1. The molecule has 17 heteroatoms. The summed E-state index contributed by atoms with van der Waals surface area (Å²) in [7, 11) is -4.97. The van der Waals surface area contributed by atoms with E-state index >= 15 is 0 Å². The average Bonchev–Trinajstić information content (AvgIpc) is 2.72. The van der Waals surface area contributed by atoms with Crippen LogP contribution in [-0.4, -0.2) is 50.8 Å². The van der Waals surface area contributed by atoms with E-state index in [0.717, 1.165) is 18.6 Å². The first-order chi connectivity index (χ1) is 15.9. The zero-order valence-electron chi connectivity index (χ0n) is 18.3. The molecule has 0 spiro atoms. The lowest BCUT2D eigenvalue weighted by molar-refractivity contribution is -0.440. The molecule has 1 rings (SSSR count). The van der Waals surface area contributed by atoms with Gasteiger partial charge in [0, 0.05) is 6.42 Å². The number of halogens is 13. The summed E-state index contributed by atoms with van der Waals surface area (Å²) in [5.41, 5.74) is 0.654. The van der Waals surface area contributed by atoms with Crippen LogP contribution < -0.4 is 0 Å². The Balaban J connectivity index is 3.08. The Morgan fingerprint density at radius 1 is 0.750 bits per heavy atom. The molecule has 0 saturated heterocycles. The van der Waals surface area contributed by atoms with Gasteiger partial charge in [-0.2, -0.15) is 65.5 Å². The van der Waals surface area contributed by atoms with Gasteiger partial charge in [-0.1, -0.05) is 32.4 Å². The van der Waals surface area contributed by atoms with Gasteiger partial charge in [0.15, 0.2) is 0 Å². The van der Waals surface area contributed by atoms with E-state index in [2.05, 4.69) is 4.18 Å². The van der Waals surface area contributed by atoms with Crippen molar-refractivity contribution in [1.29, 1.82) is 0 Å². The summed E-state index contributed by atoms with van der Waals surface area (Å²) in [6.45, 7) is 1.63. The fourth-order valence-corrected chi connectivity index (χ4v) is 3.78. The molecule has 210 valence electrons. The molecule has 0 amide bonds. The molecular formula is C19H19F13O3S. The third-order valence-corrected chi connectivity index (χ3v) is 6.44. The van der Waals surface area contributed by atoms with Crippen molar-refractivity contribution < 1.29 is 69.7 Å². The molecule has 0 aromatic heterocycles. The highest BCUT2D eigenvalue weighted by atomic mass is 32.2. The van der Waals surface area contributed by atoms with Crippen LogP contribution in [0.2, 0.25) is 0 Å². The normalized spacial score (nSPS) is 15.8. The van der Waals surface area contributed by atoms with Gasteiger partial charge in [-0.15, -0.1) is 0 Å². The van der Waals surface area contributed by atoms with E-state index in [0.29, 0.717) is 12.0 Å². The standard InChI is InChI=1S/C19H19F13O3S/c1-3-4-11(2)12-5-7-13(8-6-12)36(33,34)35-10-9-14(20,21)15(22,23)16(24,25)17(26,27)18(28,29)19(30,31)32/h5-8,11H,3-4,9-10H2,1-2H3. The van der Waals surface area contributed by atoms with Gasteiger partial charge in [0.1, 0.15) is 0 Å². The summed E-state index contributed by atoms with van der Waals surface area (Å²) in [5.74, 6) is -37.7. The minimum absolute atomic E-state index is 0.0156. The van der Waals surface area contributed by atoms with Crippen LogP contribution in [0.25, 0.3) is 0 Å². The fourth-order valence-electron chi connectivity index (χ4n) is 2.87. The van der Waals surface area contributed by atoms with E-state index in [1.54, 1.807) is 6.92 Å². The topological polar surface area (TPSA) is 43.4 Å². The molecule has 0 aliphatic carbocycles. The van der Waals surface area contributed by atoms with Crippen molar-refractivity contribution >= 4 is 10.1 Å². The summed E-state index contributed by atoms with van der Waals surface area (Å²) in [5, 5.41) is 0. The Labute approximate surface area is 196 Å². The van der Waals surface area contributed by atoms with E-state index in [-0.39, 0.29) is 5.92 Å². The molecule has 0 aliphatic heterocycles. The van der Waals surface area contributed by atoms with Crippen LogP contribution in [0.4, 0.5) is 57.1 Å². The summed E-state index contributed by atoms with van der Waals surface area (Å²) in [4.78, 5) is -0.688. The Bertz CT molecular complexity index is 987. The molecule has 1 aromatic rings. The minimum atomic E-state index is -8.02. The second kappa shape index (κ2) is 10.2. The Kier molecular flexibility index (Phi) is 9.11. The van der Waals surface area contributed by atoms with Gasteiger partial charge < -0.3 is 0 Å². The predicted molar refractivity (Wildman–Crippen MR) is 98.3 cm³/mol. The molecule has 0 bridgehead atoms. The first kappa shape index (κ1) is 32.2. The van der Waals surface area contributed by atoms with Gasteiger partial charge in [-0.25, -0.2) is 0 Å². The first-order valence-electron chi connectivity index (χ1n) is 9.86. The Morgan fingerprint density at radius 3 is 1.61 bits per heavy atom. The van der Waals surface area contributed by atoms with Crippen LogP contribution in [0.5, 0.6) is 0 Å². The van der Waals surface area contributed by atoms with Crippen LogP contribution in [-0.2, 0) is 14.3 Å². The second-order valence-electron chi connectivity index (χ2n) is 7.78. The van der Waals surface area contributed by atoms with Crippen LogP contribution in [0, 0.1) is 0 Å². The van der Waals surface area contributed by atoms with Crippen LogP contribution in [0.15, 0.2) is 29.2 Å². The van der Waals surface area contributed by atoms with E-state index in [1.807, 2.05) is 6.92 Å². The van der Waals surface area contributed by atoms with E-state index < -0.39 is 63.8 Å². The lowest BCUT2D eigenvalue weighted by Gasteiger charge is -2.39. The molecule has 1 aromatic carbocycles. The molecule has 1 atom stereocenters. The molecule has 0 aliphatic rings. The van der Waals surface area contributed by atoms with Crippen molar-refractivity contribution in [2.24, 2.45) is 0 Å². The maximum absolute atomic E-state index is 13.7. The highest BCUT2D eigenvalue weighted by Crippen LogP contribution is 2.60. The zero-order chi connectivity index (χ0) is 28.6. The smallest absolute Gasteiger partial charge is 0.266 e. The molecule has 1 unspecified atom stereocenters. The van der Waals surface area contributed by atoms with Gasteiger partial charge in [-0.3, -0.25) is 4.18 Å². The van der Waals surface area contributed by atoms with E-state index in [9.17, 15) is 65.5 Å². The van der Waals surface area contributed by atoms with Crippen LogP contribution >= 0.6 is 0 Å². The summed E-state index contributed by atoms with van der Waals surface area (Å²) < 4.78 is 198. The van der Waals surface area contributed by atoms with E-state index in [1.165, 1.54) is 12.1 Å². The van der Waals surface area contributed by atoms with Crippen LogP contribution in [0.3, 0.4) is 0 Å². The van der Waals surface area contributed by atoms with Crippen molar-refractivity contribution in [3.63, 3.8) is 0 Å².